The van der Waals surface area contributed by atoms with Crippen molar-refractivity contribution in [1.29, 1.82) is 0 Å². The SMILES string of the molecule is CCCCCCCC(C(=O)O)N(CCC)C(C)=O. The molecular formula is C14H27NO3. The van der Waals surface area contributed by atoms with Crippen LogP contribution in [0.15, 0.2) is 0 Å². The van der Waals surface area contributed by atoms with Crippen molar-refractivity contribution in [2.75, 3.05) is 6.54 Å². The molecule has 0 saturated heterocycles. The van der Waals surface area contributed by atoms with E-state index in [0.29, 0.717) is 13.0 Å². The van der Waals surface area contributed by atoms with Gasteiger partial charge in [-0.15, -0.1) is 0 Å². The molecule has 0 heterocycles. The van der Waals surface area contributed by atoms with Crippen molar-refractivity contribution in [3.63, 3.8) is 0 Å². The van der Waals surface area contributed by atoms with Gasteiger partial charge in [0.05, 0.1) is 0 Å². The number of nitrogens with zero attached hydrogens (tertiary/aromatic N) is 1. The molecule has 0 aromatic rings. The molecule has 0 radical (unpaired) electrons. The van der Waals surface area contributed by atoms with Crippen LogP contribution in [0.3, 0.4) is 0 Å². The van der Waals surface area contributed by atoms with Gasteiger partial charge in [0.15, 0.2) is 0 Å². The van der Waals surface area contributed by atoms with Crippen LogP contribution in [-0.2, 0) is 9.59 Å². The number of hydrogen-bond acceptors (Lipinski definition) is 2. The van der Waals surface area contributed by atoms with Crippen molar-refractivity contribution in [2.24, 2.45) is 0 Å². The highest BCUT2D eigenvalue weighted by Gasteiger charge is 2.26. The van der Waals surface area contributed by atoms with Crippen LogP contribution in [0.2, 0.25) is 0 Å². The Morgan fingerprint density at radius 2 is 1.67 bits per heavy atom. The Balaban J connectivity index is 4.26. The fraction of sp³-hybridized carbons (Fsp3) is 0.857. The van der Waals surface area contributed by atoms with Gasteiger partial charge < -0.3 is 10.0 Å². The summed E-state index contributed by atoms with van der Waals surface area (Å²) in [5.41, 5.74) is 0. The Hall–Kier alpha value is -1.06. The lowest BCUT2D eigenvalue weighted by atomic mass is 10.0. The summed E-state index contributed by atoms with van der Waals surface area (Å²) < 4.78 is 0. The zero-order chi connectivity index (χ0) is 14.0. The van der Waals surface area contributed by atoms with E-state index in [9.17, 15) is 14.7 Å². The first-order valence-electron chi connectivity index (χ1n) is 7.04. The van der Waals surface area contributed by atoms with E-state index in [1.165, 1.54) is 24.7 Å². The van der Waals surface area contributed by atoms with Crippen LogP contribution in [0, 0.1) is 0 Å². The zero-order valence-corrected chi connectivity index (χ0v) is 11.9. The van der Waals surface area contributed by atoms with Crippen LogP contribution in [0.25, 0.3) is 0 Å². The number of aliphatic carboxylic acids is 1. The van der Waals surface area contributed by atoms with Crippen LogP contribution < -0.4 is 0 Å². The summed E-state index contributed by atoms with van der Waals surface area (Å²) in [5, 5.41) is 9.23. The number of carbonyl (C=O) groups is 2. The summed E-state index contributed by atoms with van der Waals surface area (Å²) in [4.78, 5) is 24.2. The van der Waals surface area contributed by atoms with Crippen LogP contribution in [0.1, 0.15) is 65.7 Å². The lowest BCUT2D eigenvalue weighted by molar-refractivity contribution is -0.149. The van der Waals surface area contributed by atoms with Gasteiger partial charge in [0.2, 0.25) is 5.91 Å². The summed E-state index contributed by atoms with van der Waals surface area (Å²) in [5.74, 6) is -1.02. The van der Waals surface area contributed by atoms with Gasteiger partial charge in [-0.2, -0.15) is 0 Å². The lowest BCUT2D eigenvalue weighted by Gasteiger charge is -2.27. The molecule has 0 aliphatic heterocycles. The normalized spacial score (nSPS) is 12.2. The van der Waals surface area contributed by atoms with Crippen LogP contribution in [-0.4, -0.2) is 34.5 Å². The highest BCUT2D eigenvalue weighted by molar-refractivity contribution is 5.82. The van der Waals surface area contributed by atoms with E-state index in [2.05, 4.69) is 6.92 Å². The Labute approximate surface area is 110 Å². The molecule has 0 aliphatic carbocycles. The smallest absolute Gasteiger partial charge is 0.326 e. The number of carbonyl (C=O) groups excluding carboxylic acids is 1. The number of unbranched alkanes of at least 4 members (excludes halogenated alkanes) is 4. The fourth-order valence-electron chi connectivity index (χ4n) is 2.13. The number of carboxylic acids is 1. The Morgan fingerprint density at radius 1 is 1.06 bits per heavy atom. The van der Waals surface area contributed by atoms with Crippen molar-refractivity contribution >= 4 is 11.9 Å². The third kappa shape index (κ3) is 6.62. The second kappa shape index (κ2) is 9.92. The highest BCUT2D eigenvalue weighted by atomic mass is 16.4. The van der Waals surface area contributed by atoms with Crippen LogP contribution >= 0.6 is 0 Å². The van der Waals surface area contributed by atoms with Crippen molar-refractivity contribution in [2.45, 2.75) is 71.8 Å². The maximum absolute atomic E-state index is 11.5. The standard InChI is InChI=1S/C14H27NO3/c1-4-6-7-8-9-10-13(14(17)18)15(11-5-2)12(3)16/h13H,4-11H2,1-3H3,(H,17,18). The first-order chi connectivity index (χ1) is 8.54. The average molecular weight is 257 g/mol. The van der Waals surface area contributed by atoms with Gasteiger partial charge in [0.1, 0.15) is 6.04 Å². The largest absolute Gasteiger partial charge is 0.480 e. The predicted molar refractivity (Wildman–Crippen MR) is 72.5 cm³/mol. The summed E-state index contributed by atoms with van der Waals surface area (Å²) in [6.07, 6.45) is 6.81. The van der Waals surface area contributed by atoms with Crippen molar-refractivity contribution in [3.8, 4) is 0 Å². The number of carboxylic acid groups (broad SMARTS) is 1. The molecule has 4 nitrogen and oxygen atoms in total. The Morgan fingerprint density at radius 3 is 2.11 bits per heavy atom. The first kappa shape index (κ1) is 16.9. The molecule has 0 aromatic carbocycles. The van der Waals surface area contributed by atoms with Crippen molar-refractivity contribution in [3.05, 3.63) is 0 Å². The van der Waals surface area contributed by atoms with Gasteiger partial charge in [-0.1, -0.05) is 46.0 Å². The van der Waals surface area contributed by atoms with E-state index >= 15 is 0 Å². The maximum atomic E-state index is 11.5. The quantitative estimate of drug-likeness (QED) is 0.612. The second-order valence-corrected chi connectivity index (χ2v) is 4.77. The van der Waals surface area contributed by atoms with Gasteiger partial charge >= 0.3 is 5.97 Å². The molecule has 0 bridgehead atoms. The van der Waals surface area contributed by atoms with Gasteiger partial charge in [-0.3, -0.25) is 4.79 Å². The van der Waals surface area contributed by atoms with E-state index in [1.807, 2.05) is 6.92 Å². The molecule has 4 heteroatoms. The summed E-state index contributed by atoms with van der Waals surface area (Å²) in [6, 6.07) is -0.649. The minimum atomic E-state index is -0.880. The molecule has 0 aromatic heterocycles. The fourth-order valence-corrected chi connectivity index (χ4v) is 2.13. The van der Waals surface area contributed by atoms with Crippen molar-refractivity contribution < 1.29 is 14.7 Å². The van der Waals surface area contributed by atoms with E-state index in [4.69, 9.17) is 0 Å². The molecule has 1 amide bonds. The molecule has 0 spiro atoms. The van der Waals surface area contributed by atoms with E-state index < -0.39 is 12.0 Å². The first-order valence-corrected chi connectivity index (χ1v) is 7.04. The van der Waals surface area contributed by atoms with Gasteiger partial charge in [0, 0.05) is 13.5 Å². The van der Waals surface area contributed by atoms with E-state index in [-0.39, 0.29) is 5.91 Å². The molecule has 0 fully saturated rings. The number of rotatable bonds is 10. The molecule has 0 saturated carbocycles. The predicted octanol–water partition coefficient (Wildman–Crippen LogP) is 3.06. The monoisotopic (exact) mass is 257 g/mol. The molecule has 1 unspecified atom stereocenters. The van der Waals surface area contributed by atoms with Crippen LogP contribution in [0.5, 0.6) is 0 Å². The highest BCUT2D eigenvalue weighted by Crippen LogP contribution is 2.13. The van der Waals surface area contributed by atoms with Gasteiger partial charge in [-0.25, -0.2) is 4.79 Å². The van der Waals surface area contributed by atoms with Crippen molar-refractivity contribution in [1.82, 2.24) is 4.90 Å². The maximum Gasteiger partial charge on any atom is 0.326 e. The third-order valence-corrected chi connectivity index (χ3v) is 3.11. The Bertz CT molecular complexity index is 253. The molecular weight excluding hydrogens is 230 g/mol. The number of hydrogen-bond donors (Lipinski definition) is 1. The van der Waals surface area contributed by atoms with E-state index in [0.717, 1.165) is 25.7 Å². The summed E-state index contributed by atoms with van der Waals surface area (Å²) in [6.45, 7) is 6.08. The zero-order valence-electron chi connectivity index (χ0n) is 11.9. The minimum Gasteiger partial charge on any atom is -0.480 e. The molecule has 1 atom stereocenters. The number of amides is 1. The topological polar surface area (TPSA) is 57.6 Å². The molecule has 106 valence electrons. The average Bonchev–Trinajstić information content (AvgIpc) is 2.31. The Kier molecular flexibility index (Phi) is 9.33. The van der Waals surface area contributed by atoms with Gasteiger partial charge in [0.25, 0.3) is 0 Å². The molecule has 0 aliphatic rings. The van der Waals surface area contributed by atoms with Gasteiger partial charge in [-0.05, 0) is 12.8 Å². The lowest BCUT2D eigenvalue weighted by Crippen LogP contribution is -2.44. The minimum absolute atomic E-state index is 0.141. The summed E-state index contributed by atoms with van der Waals surface area (Å²) >= 11 is 0. The van der Waals surface area contributed by atoms with E-state index in [1.54, 1.807) is 0 Å². The molecule has 18 heavy (non-hydrogen) atoms. The molecule has 1 N–H and O–H groups in total. The second-order valence-electron chi connectivity index (χ2n) is 4.77. The summed E-state index contributed by atoms with van der Waals surface area (Å²) in [7, 11) is 0. The third-order valence-electron chi connectivity index (χ3n) is 3.11. The van der Waals surface area contributed by atoms with Crippen LogP contribution in [0.4, 0.5) is 0 Å². The molecule has 0 rings (SSSR count).